The van der Waals surface area contributed by atoms with Crippen LogP contribution in [0.1, 0.15) is 16.8 Å². The maximum atomic E-state index is 11.7. The first-order chi connectivity index (χ1) is 9.05. The van der Waals surface area contributed by atoms with Crippen LogP contribution in [-0.2, 0) is 14.6 Å². The first kappa shape index (κ1) is 18.7. The van der Waals surface area contributed by atoms with Gasteiger partial charge in [-0.2, -0.15) is 0 Å². The van der Waals surface area contributed by atoms with E-state index in [4.69, 9.17) is 0 Å². The summed E-state index contributed by atoms with van der Waals surface area (Å²) < 4.78 is 31.9. The first-order valence-corrected chi connectivity index (χ1v) is 7.28. The Morgan fingerprint density at radius 1 is 1.20 bits per heavy atom. The molecule has 20 heavy (non-hydrogen) atoms. The summed E-state index contributed by atoms with van der Waals surface area (Å²) in [5.41, 5.74) is 0.820. The molecule has 0 aliphatic heterocycles. The van der Waals surface area contributed by atoms with Crippen LogP contribution < -0.4 is 0 Å². The van der Waals surface area contributed by atoms with Crippen LogP contribution in [0.5, 0.6) is 0 Å². The molecule has 0 aromatic heterocycles. The van der Waals surface area contributed by atoms with Crippen LogP contribution in [0, 0.1) is 0 Å². The fraction of sp³-hybridized carbons (Fsp3) is 0.462. The summed E-state index contributed by atoms with van der Waals surface area (Å²) in [7, 11) is 2.68. The highest BCUT2D eigenvalue weighted by molar-refractivity contribution is 7.80. The summed E-state index contributed by atoms with van der Waals surface area (Å²) in [5, 5.41) is 0. The van der Waals surface area contributed by atoms with E-state index in [9.17, 15) is 17.8 Å². The van der Waals surface area contributed by atoms with Crippen molar-refractivity contribution in [2.24, 2.45) is 0 Å². The standard InChI is InChI=1S/C12H18NO.CH4O4S/c1-13(2,3)10-9-12(14)11-7-5-4-6-8-11;1-5-6(2,3)4/h4-8H,9-10H2,1-3H3;1H3,(H,2,3,4)/q+1;/p-1. The minimum atomic E-state index is -4.41. The van der Waals surface area contributed by atoms with Crippen molar-refractivity contribution < 1.29 is 26.4 Å². The Labute approximate surface area is 120 Å². The molecule has 0 bridgehead atoms. The molecule has 0 heterocycles. The quantitative estimate of drug-likeness (QED) is 0.351. The fourth-order valence-corrected chi connectivity index (χ4v) is 1.21. The van der Waals surface area contributed by atoms with Gasteiger partial charge in [-0.25, -0.2) is 8.42 Å². The molecule has 0 atom stereocenters. The Hall–Kier alpha value is -1.28. The zero-order valence-corrected chi connectivity index (χ0v) is 13.0. The lowest BCUT2D eigenvalue weighted by Gasteiger charge is -2.23. The van der Waals surface area contributed by atoms with Gasteiger partial charge in [-0.05, 0) is 0 Å². The molecule has 1 aromatic carbocycles. The predicted octanol–water partition coefficient (Wildman–Crippen LogP) is 1.06. The van der Waals surface area contributed by atoms with Crippen molar-refractivity contribution >= 4 is 16.2 Å². The molecular formula is C13H21NO5S. The number of carbonyl (C=O) groups excluding carboxylic acids is 1. The molecule has 114 valence electrons. The number of ketones is 1. The molecule has 0 saturated heterocycles. The minimum Gasteiger partial charge on any atom is -0.726 e. The third-order valence-corrected chi connectivity index (χ3v) is 2.72. The van der Waals surface area contributed by atoms with Gasteiger partial charge in [0.15, 0.2) is 5.78 Å². The van der Waals surface area contributed by atoms with Crippen LogP contribution in [0.15, 0.2) is 30.3 Å². The number of benzene rings is 1. The van der Waals surface area contributed by atoms with Gasteiger partial charge in [0, 0.05) is 5.56 Å². The largest absolute Gasteiger partial charge is 0.726 e. The van der Waals surface area contributed by atoms with Crippen LogP contribution in [0.4, 0.5) is 0 Å². The van der Waals surface area contributed by atoms with E-state index >= 15 is 0 Å². The van der Waals surface area contributed by atoms with Crippen molar-refractivity contribution in [3.8, 4) is 0 Å². The van der Waals surface area contributed by atoms with Gasteiger partial charge in [0.1, 0.15) is 0 Å². The second-order valence-corrected chi connectivity index (χ2v) is 6.28. The lowest BCUT2D eigenvalue weighted by Crippen LogP contribution is -2.36. The summed E-state index contributed by atoms with van der Waals surface area (Å²) in [5.74, 6) is 0.235. The number of hydrogen-bond donors (Lipinski definition) is 0. The van der Waals surface area contributed by atoms with Crippen molar-refractivity contribution in [2.45, 2.75) is 6.42 Å². The van der Waals surface area contributed by atoms with E-state index in [1.165, 1.54) is 0 Å². The average molecular weight is 303 g/mol. The smallest absolute Gasteiger partial charge is 0.217 e. The molecule has 7 heteroatoms. The van der Waals surface area contributed by atoms with Gasteiger partial charge < -0.3 is 9.04 Å². The lowest BCUT2D eigenvalue weighted by atomic mass is 10.1. The van der Waals surface area contributed by atoms with Crippen molar-refractivity contribution in [1.82, 2.24) is 0 Å². The van der Waals surface area contributed by atoms with Gasteiger partial charge in [-0.15, -0.1) is 0 Å². The van der Waals surface area contributed by atoms with Crippen LogP contribution in [0.3, 0.4) is 0 Å². The highest BCUT2D eigenvalue weighted by atomic mass is 32.3. The predicted molar refractivity (Wildman–Crippen MR) is 75.0 cm³/mol. The number of hydrogen-bond acceptors (Lipinski definition) is 5. The fourth-order valence-electron chi connectivity index (χ4n) is 1.21. The third kappa shape index (κ3) is 10.6. The van der Waals surface area contributed by atoms with Crippen LogP contribution in [0.2, 0.25) is 0 Å². The molecular weight excluding hydrogens is 282 g/mol. The topological polar surface area (TPSA) is 83.5 Å². The number of quaternary nitrogens is 1. The Balaban J connectivity index is 0.000000511. The van der Waals surface area contributed by atoms with Gasteiger partial charge >= 0.3 is 0 Å². The summed E-state index contributed by atoms with van der Waals surface area (Å²) in [4.78, 5) is 11.7. The molecule has 0 fully saturated rings. The molecule has 0 spiro atoms. The Bertz CT molecular complexity index is 505. The number of Topliss-reactive ketones (excluding diaryl/α,β-unsaturated/α-hetero) is 1. The van der Waals surface area contributed by atoms with Crippen LogP contribution >= 0.6 is 0 Å². The molecule has 1 rings (SSSR count). The van der Waals surface area contributed by atoms with E-state index in [0.717, 1.165) is 23.7 Å². The minimum absolute atomic E-state index is 0.235. The van der Waals surface area contributed by atoms with Gasteiger partial charge in [0.2, 0.25) is 10.4 Å². The second kappa shape index (κ2) is 8.11. The van der Waals surface area contributed by atoms with Gasteiger partial charge in [-0.3, -0.25) is 8.98 Å². The van der Waals surface area contributed by atoms with Gasteiger partial charge in [0.25, 0.3) is 0 Å². The molecule has 0 N–H and O–H groups in total. The van der Waals surface area contributed by atoms with E-state index < -0.39 is 10.4 Å². The van der Waals surface area contributed by atoms with Crippen LogP contribution in [0.25, 0.3) is 0 Å². The molecule has 0 radical (unpaired) electrons. The third-order valence-electron chi connectivity index (χ3n) is 2.31. The summed E-state index contributed by atoms with van der Waals surface area (Å²) in [6.45, 7) is 0.883. The molecule has 0 aliphatic rings. The van der Waals surface area contributed by atoms with Crippen molar-refractivity contribution in [1.29, 1.82) is 0 Å². The van der Waals surface area contributed by atoms with Crippen molar-refractivity contribution in [3.05, 3.63) is 35.9 Å². The number of nitrogens with zero attached hydrogens (tertiary/aromatic N) is 1. The zero-order valence-electron chi connectivity index (χ0n) is 12.2. The normalized spacial score (nSPS) is 11.4. The van der Waals surface area contributed by atoms with E-state index in [0.29, 0.717) is 6.42 Å². The Morgan fingerprint density at radius 2 is 1.65 bits per heavy atom. The maximum Gasteiger partial charge on any atom is 0.217 e. The molecule has 0 unspecified atom stereocenters. The molecule has 0 aliphatic carbocycles. The highest BCUT2D eigenvalue weighted by Crippen LogP contribution is 2.04. The van der Waals surface area contributed by atoms with E-state index in [1.807, 2.05) is 30.3 Å². The van der Waals surface area contributed by atoms with Crippen LogP contribution in [-0.4, -0.2) is 58.0 Å². The van der Waals surface area contributed by atoms with Crippen molar-refractivity contribution in [3.63, 3.8) is 0 Å². The first-order valence-electron chi connectivity index (χ1n) is 5.95. The number of carbonyl (C=O) groups is 1. The van der Waals surface area contributed by atoms with Gasteiger partial charge in [-0.1, -0.05) is 30.3 Å². The zero-order chi connectivity index (χ0) is 15.8. The number of rotatable bonds is 5. The Kier molecular flexibility index (Phi) is 7.59. The molecule has 0 amide bonds. The Morgan fingerprint density at radius 3 is 2.00 bits per heavy atom. The van der Waals surface area contributed by atoms with E-state index in [1.54, 1.807) is 0 Å². The molecule has 0 saturated carbocycles. The van der Waals surface area contributed by atoms with Crippen molar-refractivity contribution in [2.75, 3.05) is 34.8 Å². The SMILES string of the molecule is COS(=O)(=O)[O-].C[N+](C)(C)CCC(=O)c1ccccc1. The highest BCUT2D eigenvalue weighted by Gasteiger charge is 2.11. The van der Waals surface area contributed by atoms with E-state index in [-0.39, 0.29) is 5.78 Å². The molecule has 1 aromatic rings. The lowest BCUT2D eigenvalue weighted by molar-refractivity contribution is -0.869. The summed E-state index contributed by atoms with van der Waals surface area (Å²) in [6.07, 6.45) is 0.619. The summed E-state index contributed by atoms with van der Waals surface area (Å²) in [6, 6.07) is 9.48. The maximum absolute atomic E-state index is 11.7. The summed E-state index contributed by atoms with van der Waals surface area (Å²) >= 11 is 0. The molecule has 6 nitrogen and oxygen atoms in total. The second-order valence-electron chi connectivity index (χ2n) is 5.13. The van der Waals surface area contributed by atoms with E-state index in [2.05, 4.69) is 25.3 Å². The monoisotopic (exact) mass is 303 g/mol. The average Bonchev–Trinajstić information content (AvgIpc) is 2.36. The van der Waals surface area contributed by atoms with Gasteiger partial charge in [0.05, 0.1) is 41.2 Å².